The summed E-state index contributed by atoms with van der Waals surface area (Å²) >= 11 is 0. The second kappa shape index (κ2) is 6.36. The maximum Gasteiger partial charge on any atom is 0.219 e. The fourth-order valence-corrected chi connectivity index (χ4v) is 4.58. The highest BCUT2D eigenvalue weighted by molar-refractivity contribution is 5.73. The van der Waals surface area contributed by atoms with Crippen molar-refractivity contribution in [3.8, 4) is 0 Å². The van der Waals surface area contributed by atoms with Crippen LogP contribution >= 0.6 is 0 Å². The molecule has 0 unspecified atom stereocenters. The summed E-state index contributed by atoms with van der Waals surface area (Å²) in [5, 5.41) is 0. The highest BCUT2D eigenvalue weighted by Crippen LogP contribution is 2.45. The van der Waals surface area contributed by atoms with Crippen molar-refractivity contribution in [1.29, 1.82) is 0 Å². The number of carbonyl (C=O) groups excluding carboxylic acids is 1. The van der Waals surface area contributed by atoms with E-state index < -0.39 is 0 Å². The summed E-state index contributed by atoms with van der Waals surface area (Å²) in [6.45, 7) is 8.08. The van der Waals surface area contributed by atoms with Gasteiger partial charge in [0.05, 0.1) is 6.61 Å². The van der Waals surface area contributed by atoms with Crippen LogP contribution in [0.5, 0.6) is 0 Å². The average Bonchev–Trinajstić information content (AvgIpc) is 3.42. The van der Waals surface area contributed by atoms with Crippen molar-refractivity contribution in [3.63, 3.8) is 0 Å². The molecule has 4 rings (SSSR count). The summed E-state index contributed by atoms with van der Waals surface area (Å²) in [5.41, 5.74) is 0.453. The molecule has 1 atom stereocenters. The van der Waals surface area contributed by atoms with E-state index in [-0.39, 0.29) is 5.91 Å². The molecule has 4 heteroatoms. The van der Waals surface area contributed by atoms with Crippen LogP contribution in [0.15, 0.2) is 0 Å². The van der Waals surface area contributed by atoms with Gasteiger partial charge in [-0.1, -0.05) is 0 Å². The van der Waals surface area contributed by atoms with E-state index in [1.165, 1.54) is 58.0 Å². The van der Waals surface area contributed by atoms with Crippen LogP contribution < -0.4 is 0 Å². The van der Waals surface area contributed by atoms with Crippen LogP contribution in [0.3, 0.4) is 0 Å². The number of hydrogen-bond donors (Lipinski definition) is 0. The normalized spacial score (nSPS) is 31.0. The number of amides is 1. The fraction of sp³-hybridized carbons (Fsp3) is 0.947. The molecule has 1 spiro atoms. The highest BCUT2D eigenvalue weighted by Gasteiger charge is 2.46. The molecule has 130 valence electrons. The summed E-state index contributed by atoms with van der Waals surface area (Å²) in [5.74, 6) is 2.06. The molecule has 23 heavy (non-hydrogen) atoms. The molecule has 4 nitrogen and oxygen atoms in total. The van der Waals surface area contributed by atoms with Crippen molar-refractivity contribution in [2.24, 2.45) is 17.3 Å². The number of carbonyl (C=O) groups is 1. The molecular weight excluding hydrogens is 288 g/mol. The second-order valence-corrected chi connectivity index (χ2v) is 8.72. The molecule has 0 radical (unpaired) electrons. The van der Waals surface area contributed by atoms with Gasteiger partial charge in [0, 0.05) is 45.8 Å². The fourth-order valence-electron chi connectivity index (χ4n) is 4.58. The van der Waals surface area contributed by atoms with Gasteiger partial charge >= 0.3 is 0 Å². The molecule has 0 aromatic heterocycles. The third-order valence-electron chi connectivity index (χ3n) is 6.54. The minimum atomic E-state index is 0.247. The highest BCUT2D eigenvalue weighted by atomic mass is 16.5. The van der Waals surface area contributed by atoms with E-state index >= 15 is 0 Å². The van der Waals surface area contributed by atoms with Crippen molar-refractivity contribution < 1.29 is 9.53 Å². The van der Waals surface area contributed by atoms with Crippen LogP contribution in [0, 0.1) is 17.3 Å². The summed E-state index contributed by atoms with van der Waals surface area (Å²) in [6.07, 6.45) is 9.27. The zero-order valence-corrected chi connectivity index (χ0v) is 14.6. The van der Waals surface area contributed by atoms with E-state index in [4.69, 9.17) is 4.74 Å². The monoisotopic (exact) mass is 320 g/mol. The first-order valence-electron chi connectivity index (χ1n) is 9.71. The number of piperidine rings is 1. The molecule has 2 aliphatic carbocycles. The lowest BCUT2D eigenvalue weighted by Gasteiger charge is -2.39. The van der Waals surface area contributed by atoms with Crippen molar-refractivity contribution in [2.45, 2.75) is 57.9 Å². The molecule has 2 heterocycles. The van der Waals surface area contributed by atoms with Crippen molar-refractivity contribution >= 4 is 5.91 Å². The smallest absolute Gasteiger partial charge is 0.219 e. The van der Waals surface area contributed by atoms with Gasteiger partial charge in [-0.2, -0.15) is 0 Å². The molecular formula is C19H32N2O2. The lowest BCUT2D eigenvalue weighted by Crippen LogP contribution is -2.43. The molecule has 2 aliphatic heterocycles. The van der Waals surface area contributed by atoms with Gasteiger partial charge < -0.3 is 9.64 Å². The molecule has 0 aromatic carbocycles. The molecule has 4 fully saturated rings. The Morgan fingerprint density at radius 2 is 1.78 bits per heavy atom. The second-order valence-electron chi connectivity index (χ2n) is 8.72. The largest absolute Gasteiger partial charge is 0.380 e. The van der Waals surface area contributed by atoms with Crippen molar-refractivity contribution in [2.75, 3.05) is 39.4 Å². The van der Waals surface area contributed by atoms with Crippen LogP contribution in [0.2, 0.25) is 0 Å². The summed E-state index contributed by atoms with van der Waals surface area (Å²) in [4.78, 5) is 16.4. The Bertz CT molecular complexity index is 437. The molecule has 0 aromatic rings. The molecule has 2 saturated heterocycles. The number of hydrogen-bond acceptors (Lipinski definition) is 3. The molecule has 0 N–H and O–H groups in total. The van der Waals surface area contributed by atoms with Crippen LogP contribution in [0.4, 0.5) is 0 Å². The van der Waals surface area contributed by atoms with Crippen molar-refractivity contribution in [3.05, 3.63) is 0 Å². The quantitative estimate of drug-likeness (QED) is 0.754. The number of likely N-dealkylation sites (tertiary alicyclic amines) is 2. The van der Waals surface area contributed by atoms with Gasteiger partial charge in [0.15, 0.2) is 0 Å². The van der Waals surface area contributed by atoms with E-state index in [0.717, 1.165) is 38.1 Å². The molecule has 1 amide bonds. The minimum absolute atomic E-state index is 0.247. The van der Waals surface area contributed by atoms with E-state index in [2.05, 4.69) is 4.90 Å². The van der Waals surface area contributed by atoms with Crippen LogP contribution in [-0.4, -0.2) is 61.1 Å². The van der Waals surface area contributed by atoms with Gasteiger partial charge in [-0.25, -0.2) is 0 Å². The maximum absolute atomic E-state index is 11.6. The summed E-state index contributed by atoms with van der Waals surface area (Å²) < 4.78 is 6.06. The van der Waals surface area contributed by atoms with E-state index in [1.807, 2.05) is 4.90 Å². The average molecular weight is 320 g/mol. The third kappa shape index (κ3) is 3.90. The van der Waals surface area contributed by atoms with Gasteiger partial charge in [0.1, 0.15) is 0 Å². The van der Waals surface area contributed by atoms with E-state index in [9.17, 15) is 4.79 Å². The van der Waals surface area contributed by atoms with Crippen LogP contribution in [0.25, 0.3) is 0 Å². The van der Waals surface area contributed by atoms with Crippen LogP contribution in [-0.2, 0) is 9.53 Å². The van der Waals surface area contributed by atoms with Gasteiger partial charge in [-0.3, -0.25) is 9.69 Å². The Balaban J connectivity index is 1.33. The Morgan fingerprint density at radius 1 is 1.09 bits per heavy atom. The van der Waals surface area contributed by atoms with E-state index in [1.54, 1.807) is 6.92 Å². The van der Waals surface area contributed by atoms with E-state index in [0.29, 0.717) is 11.5 Å². The Hall–Kier alpha value is -0.610. The lowest BCUT2D eigenvalue weighted by molar-refractivity contribution is -0.131. The third-order valence-corrected chi connectivity index (χ3v) is 6.54. The Morgan fingerprint density at radius 3 is 2.39 bits per heavy atom. The predicted octanol–water partition coefficient (Wildman–Crippen LogP) is 2.53. The molecule has 4 aliphatic rings. The first-order chi connectivity index (χ1) is 11.1. The van der Waals surface area contributed by atoms with Gasteiger partial charge in [0.2, 0.25) is 5.91 Å². The summed E-state index contributed by atoms with van der Waals surface area (Å²) in [7, 11) is 0. The van der Waals surface area contributed by atoms with Gasteiger partial charge in [0.25, 0.3) is 0 Å². The zero-order valence-electron chi connectivity index (χ0n) is 14.6. The Labute approximate surface area is 140 Å². The number of rotatable bonds is 6. The van der Waals surface area contributed by atoms with Crippen LogP contribution in [0.1, 0.15) is 51.9 Å². The maximum atomic E-state index is 11.6. The first-order valence-corrected chi connectivity index (χ1v) is 9.71. The predicted molar refractivity (Wildman–Crippen MR) is 90.2 cm³/mol. The minimum Gasteiger partial charge on any atom is -0.380 e. The van der Waals surface area contributed by atoms with Gasteiger partial charge in [-0.05, 0) is 62.2 Å². The Kier molecular flexibility index (Phi) is 4.39. The number of ether oxygens (including phenoxy) is 1. The number of nitrogens with zero attached hydrogens (tertiary/aromatic N) is 2. The standard InChI is InChI=1S/C19H32N2O2/c1-15(22)20-8-6-19(7-9-20)10-18(13-23-12-17-4-5-17)21(14-19)11-16-2-3-16/h16-18H,2-14H2,1H3/t18-/m0/s1. The van der Waals surface area contributed by atoms with Crippen molar-refractivity contribution in [1.82, 2.24) is 9.80 Å². The SMILES string of the molecule is CC(=O)N1CCC2(CC1)C[C@@H](COCC1CC1)N(CC1CC1)C2. The van der Waals surface area contributed by atoms with Gasteiger partial charge in [-0.15, -0.1) is 0 Å². The first kappa shape index (κ1) is 15.9. The topological polar surface area (TPSA) is 32.8 Å². The summed E-state index contributed by atoms with van der Waals surface area (Å²) in [6, 6.07) is 0.623. The zero-order chi connectivity index (χ0) is 15.9. The molecule has 0 bridgehead atoms. The lowest BCUT2D eigenvalue weighted by atomic mass is 9.76. The molecule has 2 saturated carbocycles.